The Bertz CT molecular complexity index is 795. The lowest BCUT2D eigenvalue weighted by Crippen LogP contribution is -2.44. The third-order valence-electron chi connectivity index (χ3n) is 3.52. The zero-order chi connectivity index (χ0) is 17.3. The number of imide groups is 1. The van der Waals surface area contributed by atoms with Crippen molar-refractivity contribution in [2.24, 2.45) is 0 Å². The van der Waals surface area contributed by atoms with Crippen molar-refractivity contribution >= 4 is 51.8 Å². The quantitative estimate of drug-likeness (QED) is 0.832. The molecule has 0 N–H and O–H groups in total. The van der Waals surface area contributed by atoms with Gasteiger partial charge in [0.25, 0.3) is 11.1 Å². The van der Waals surface area contributed by atoms with Crippen molar-refractivity contribution in [2.45, 2.75) is 12.3 Å². The van der Waals surface area contributed by atoms with Crippen molar-refractivity contribution in [3.05, 3.63) is 59.6 Å². The van der Waals surface area contributed by atoms with Crippen LogP contribution in [0.15, 0.2) is 54.6 Å². The largest absolute Gasteiger partial charge is 0.295 e. The fourth-order valence-electron chi connectivity index (χ4n) is 2.46. The topological polar surface area (TPSA) is 57.7 Å². The molecule has 1 heterocycles. The molecule has 1 atom stereocenters. The molecule has 5 nitrogen and oxygen atoms in total. The van der Waals surface area contributed by atoms with Crippen LogP contribution in [0.2, 0.25) is 5.02 Å². The van der Waals surface area contributed by atoms with Crippen molar-refractivity contribution < 1.29 is 14.4 Å². The smallest absolute Gasteiger partial charge is 0.290 e. The number of anilines is 2. The summed E-state index contributed by atoms with van der Waals surface area (Å²) in [7, 11) is 0. The molecular formula is C17H13ClN2O3S. The highest BCUT2D eigenvalue weighted by molar-refractivity contribution is 8.16. The molecule has 0 bridgehead atoms. The van der Waals surface area contributed by atoms with Gasteiger partial charge in [0.2, 0.25) is 5.91 Å². The molecular weight excluding hydrogens is 348 g/mol. The summed E-state index contributed by atoms with van der Waals surface area (Å²) in [5, 5.41) is -0.817. The standard InChI is InChI=1S/C17H13ClN2O3S/c1-11(21)19(14-9-7-12(18)8-10-14)16-15(22)20(17(23)24-16)13-5-3-2-4-6-13/h2-10,16H,1H3/t16-/m0/s1. The Kier molecular flexibility index (Phi) is 4.59. The first-order valence-electron chi connectivity index (χ1n) is 7.14. The number of amides is 3. The monoisotopic (exact) mass is 360 g/mol. The van der Waals surface area contributed by atoms with Gasteiger partial charge < -0.3 is 0 Å². The van der Waals surface area contributed by atoms with Crippen LogP contribution in [0.25, 0.3) is 0 Å². The van der Waals surface area contributed by atoms with E-state index in [1.165, 1.54) is 11.8 Å². The molecule has 0 aliphatic carbocycles. The lowest BCUT2D eigenvalue weighted by molar-refractivity contribution is -0.121. The molecule has 2 aromatic carbocycles. The van der Waals surface area contributed by atoms with E-state index in [9.17, 15) is 14.4 Å². The highest BCUT2D eigenvalue weighted by Crippen LogP contribution is 2.36. The van der Waals surface area contributed by atoms with Crippen LogP contribution in [0.4, 0.5) is 16.2 Å². The van der Waals surface area contributed by atoms with Crippen LogP contribution in [-0.4, -0.2) is 22.4 Å². The summed E-state index contributed by atoms with van der Waals surface area (Å²) < 4.78 is 0. The number of rotatable bonds is 3. The Labute approximate surface area is 148 Å². The summed E-state index contributed by atoms with van der Waals surface area (Å²) in [6.07, 6.45) is 0. The van der Waals surface area contributed by atoms with Crippen molar-refractivity contribution in [3.63, 3.8) is 0 Å². The first-order chi connectivity index (χ1) is 11.5. The van der Waals surface area contributed by atoms with E-state index in [0.717, 1.165) is 16.7 Å². The Morgan fingerprint density at radius 3 is 2.29 bits per heavy atom. The minimum absolute atomic E-state index is 0.328. The number of hydrogen-bond acceptors (Lipinski definition) is 4. The zero-order valence-electron chi connectivity index (χ0n) is 12.7. The van der Waals surface area contributed by atoms with Crippen LogP contribution < -0.4 is 9.80 Å². The molecule has 0 spiro atoms. The minimum Gasteiger partial charge on any atom is -0.290 e. The van der Waals surface area contributed by atoms with Gasteiger partial charge in [-0.25, -0.2) is 4.90 Å². The predicted octanol–water partition coefficient (Wildman–Crippen LogP) is 3.92. The highest BCUT2D eigenvalue weighted by atomic mass is 35.5. The molecule has 24 heavy (non-hydrogen) atoms. The van der Waals surface area contributed by atoms with Gasteiger partial charge in [0.1, 0.15) is 0 Å². The molecule has 1 aliphatic rings. The van der Waals surface area contributed by atoms with Crippen LogP contribution in [-0.2, 0) is 9.59 Å². The second-order valence-electron chi connectivity index (χ2n) is 5.11. The molecule has 3 amide bonds. The summed E-state index contributed by atoms with van der Waals surface area (Å²) in [4.78, 5) is 39.6. The lowest BCUT2D eigenvalue weighted by atomic mass is 10.2. The molecule has 2 aromatic rings. The first kappa shape index (κ1) is 16.5. The zero-order valence-corrected chi connectivity index (χ0v) is 14.3. The van der Waals surface area contributed by atoms with Crippen LogP contribution in [0.1, 0.15) is 6.92 Å². The molecule has 3 rings (SSSR count). The van der Waals surface area contributed by atoms with E-state index in [1.807, 2.05) is 0 Å². The number of benzene rings is 2. The third-order valence-corrected chi connectivity index (χ3v) is 4.79. The maximum absolute atomic E-state index is 12.8. The summed E-state index contributed by atoms with van der Waals surface area (Å²) in [6, 6.07) is 15.2. The molecule has 7 heteroatoms. The number of nitrogens with zero attached hydrogens (tertiary/aromatic N) is 2. The Hall–Kier alpha value is -2.31. The molecule has 0 radical (unpaired) electrons. The van der Waals surface area contributed by atoms with Crippen molar-refractivity contribution in [1.29, 1.82) is 0 Å². The van der Waals surface area contributed by atoms with E-state index in [2.05, 4.69) is 0 Å². The Morgan fingerprint density at radius 1 is 1.08 bits per heavy atom. The minimum atomic E-state index is -0.934. The van der Waals surface area contributed by atoms with Gasteiger partial charge in [-0.3, -0.25) is 19.3 Å². The van der Waals surface area contributed by atoms with Gasteiger partial charge in [-0.05, 0) is 48.2 Å². The number of halogens is 1. The summed E-state index contributed by atoms with van der Waals surface area (Å²) in [5.74, 6) is -0.771. The van der Waals surface area contributed by atoms with Gasteiger partial charge in [-0.1, -0.05) is 29.8 Å². The van der Waals surface area contributed by atoms with Crippen LogP contribution in [0.5, 0.6) is 0 Å². The molecule has 0 aromatic heterocycles. The second kappa shape index (κ2) is 6.67. The van der Waals surface area contributed by atoms with Gasteiger partial charge in [-0.15, -0.1) is 0 Å². The molecule has 1 saturated heterocycles. The maximum atomic E-state index is 12.8. The van der Waals surface area contributed by atoms with Crippen LogP contribution in [0.3, 0.4) is 0 Å². The van der Waals surface area contributed by atoms with Gasteiger partial charge in [0.05, 0.1) is 5.69 Å². The lowest BCUT2D eigenvalue weighted by Gasteiger charge is -2.25. The number of thioether (sulfide) groups is 1. The van der Waals surface area contributed by atoms with Gasteiger partial charge in [-0.2, -0.15) is 0 Å². The molecule has 0 unspecified atom stereocenters. The molecule has 1 fully saturated rings. The van der Waals surface area contributed by atoms with E-state index in [-0.39, 0.29) is 5.91 Å². The van der Waals surface area contributed by atoms with E-state index < -0.39 is 16.5 Å². The van der Waals surface area contributed by atoms with Gasteiger partial charge in [0, 0.05) is 17.6 Å². The van der Waals surface area contributed by atoms with E-state index in [1.54, 1.807) is 54.6 Å². The summed E-state index contributed by atoms with van der Waals surface area (Å²) in [6.45, 7) is 1.36. The number of para-hydroxylation sites is 1. The first-order valence-corrected chi connectivity index (χ1v) is 8.40. The fraction of sp³-hybridized carbons (Fsp3) is 0.118. The normalized spacial score (nSPS) is 17.2. The Morgan fingerprint density at radius 2 is 1.71 bits per heavy atom. The average Bonchev–Trinajstić information content (AvgIpc) is 2.84. The average molecular weight is 361 g/mol. The van der Waals surface area contributed by atoms with Crippen molar-refractivity contribution in [2.75, 3.05) is 9.80 Å². The molecule has 1 aliphatic heterocycles. The molecule has 122 valence electrons. The van der Waals surface area contributed by atoms with Crippen molar-refractivity contribution in [1.82, 2.24) is 0 Å². The predicted molar refractivity (Wildman–Crippen MR) is 95.3 cm³/mol. The highest BCUT2D eigenvalue weighted by Gasteiger charge is 2.45. The molecule has 0 saturated carbocycles. The van der Waals surface area contributed by atoms with Crippen LogP contribution in [0, 0.1) is 0 Å². The van der Waals surface area contributed by atoms with Gasteiger partial charge >= 0.3 is 0 Å². The number of hydrogen-bond donors (Lipinski definition) is 0. The third kappa shape index (κ3) is 3.02. The fourth-order valence-corrected chi connectivity index (χ4v) is 3.66. The SMILES string of the molecule is CC(=O)N(c1ccc(Cl)cc1)[C@H]1SC(=O)N(c2ccccc2)C1=O. The Balaban J connectivity index is 1.95. The van der Waals surface area contributed by atoms with Gasteiger partial charge in [0.15, 0.2) is 5.37 Å². The van der Waals surface area contributed by atoms with E-state index in [4.69, 9.17) is 11.6 Å². The summed E-state index contributed by atoms with van der Waals surface area (Å²) in [5.41, 5.74) is 1.00. The van der Waals surface area contributed by atoms with Crippen LogP contribution >= 0.6 is 23.4 Å². The maximum Gasteiger partial charge on any atom is 0.295 e. The van der Waals surface area contributed by atoms with E-state index in [0.29, 0.717) is 16.4 Å². The second-order valence-corrected chi connectivity index (χ2v) is 6.58. The summed E-state index contributed by atoms with van der Waals surface area (Å²) >= 11 is 6.69. The van der Waals surface area contributed by atoms with Crippen molar-refractivity contribution in [3.8, 4) is 0 Å². The number of carbonyl (C=O) groups is 3. The van der Waals surface area contributed by atoms with E-state index >= 15 is 0 Å². The number of carbonyl (C=O) groups excluding carboxylic acids is 3.